The molecule has 0 amide bonds. The standard InChI is InChI=1S/4C13H18Br2N2.4CH4/c4*1-8-2-3-11(4-8)17-7-9-5-10(14)6-12(15)13(9)16;;;;/h4*5-6,8,11,17H,2-4,7,16H2,1H3;4*1H4/t2*8-,11+;2*8-,11-;;;;/m0011..../s1. The maximum atomic E-state index is 6.06. The van der Waals surface area contributed by atoms with Crippen LogP contribution in [0.15, 0.2) is 84.3 Å². The van der Waals surface area contributed by atoms with Gasteiger partial charge >= 0.3 is 0 Å². The molecule has 0 spiro atoms. The van der Waals surface area contributed by atoms with E-state index in [0.717, 1.165) is 131 Å². The summed E-state index contributed by atoms with van der Waals surface area (Å²) in [7, 11) is 0. The Balaban J connectivity index is 0.000000471. The second kappa shape index (κ2) is 34.6. The Morgan fingerprint density at radius 2 is 0.514 bits per heavy atom. The zero-order chi connectivity index (χ0) is 49.7. The zero-order valence-electron chi connectivity index (χ0n) is 39.9. The predicted octanol–water partition coefficient (Wildman–Crippen LogP) is 18.8. The molecule has 0 aromatic heterocycles. The lowest BCUT2D eigenvalue weighted by molar-refractivity contribution is 0.502. The second-order valence-corrected chi connectivity index (χ2v) is 26.9. The highest BCUT2D eigenvalue weighted by Gasteiger charge is 2.24. The minimum atomic E-state index is 0. The van der Waals surface area contributed by atoms with Gasteiger partial charge in [-0.25, -0.2) is 0 Å². The Morgan fingerprint density at radius 3 is 0.667 bits per heavy atom. The van der Waals surface area contributed by atoms with Crippen LogP contribution in [0, 0.1) is 23.7 Å². The van der Waals surface area contributed by atoms with Crippen LogP contribution in [0.1, 0.15) is 157 Å². The molecule has 0 radical (unpaired) electrons. The molecule has 4 saturated carbocycles. The molecule has 0 aliphatic heterocycles. The van der Waals surface area contributed by atoms with Gasteiger partial charge in [0.15, 0.2) is 0 Å². The predicted molar refractivity (Wildman–Crippen MR) is 347 cm³/mol. The van der Waals surface area contributed by atoms with Crippen LogP contribution in [0.3, 0.4) is 0 Å². The van der Waals surface area contributed by atoms with E-state index in [1.807, 2.05) is 24.3 Å². The molecule has 0 unspecified atom stereocenters. The van der Waals surface area contributed by atoms with Crippen molar-refractivity contribution in [2.24, 2.45) is 23.7 Å². The summed E-state index contributed by atoms with van der Waals surface area (Å²) in [6, 6.07) is 18.9. The van der Waals surface area contributed by atoms with Crippen molar-refractivity contribution in [2.75, 3.05) is 22.9 Å². The lowest BCUT2D eigenvalue weighted by Crippen LogP contribution is -2.26. The normalized spacial score (nSPS) is 22.8. The Labute approximate surface area is 504 Å². The number of nitrogens with two attached hydrogens (primary N) is 4. The number of hydrogen-bond acceptors (Lipinski definition) is 8. The number of anilines is 4. The smallest absolute Gasteiger partial charge is 0.0504 e. The van der Waals surface area contributed by atoms with Gasteiger partial charge in [-0.05, 0) is 235 Å². The van der Waals surface area contributed by atoms with Gasteiger partial charge < -0.3 is 44.2 Å². The highest BCUT2D eigenvalue weighted by atomic mass is 79.9. The first-order valence-corrected chi connectivity index (χ1v) is 30.5. The van der Waals surface area contributed by atoms with Crippen LogP contribution >= 0.6 is 127 Å². The van der Waals surface area contributed by atoms with E-state index < -0.39 is 0 Å². The first-order chi connectivity index (χ1) is 32.2. The van der Waals surface area contributed by atoms with Gasteiger partial charge in [-0.3, -0.25) is 0 Å². The number of rotatable bonds is 12. The van der Waals surface area contributed by atoms with Crippen molar-refractivity contribution in [1.29, 1.82) is 0 Å². The van der Waals surface area contributed by atoms with Crippen LogP contribution in [-0.2, 0) is 26.2 Å². The van der Waals surface area contributed by atoms with Gasteiger partial charge in [0.25, 0.3) is 0 Å². The summed E-state index contributed by atoms with van der Waals surface area (Å²) in [4.78, 5) is 0. The van der Waals surface area contributed by atoms with Gasteiger partial charge in [-0.15, -0.1) is 0 Å². The van der Waals surface area contributed by atoms with Crippen LogP contribution in [0.25, 0.3) is 0 Å². The van der Waals surface area contributed by atoms with Crippen molar-refractivity contribution in [1.82, 2.24) is 21.3 Å². The fourth-order valence-electron chi connectivity index (χ4n) is 9.72. The van der Waals surface area contributed by atoms with Crippen LogP contribution in [0.4, 0.5) is 22.7 Å². The SMILES string of the molecule is C.C.C.C.C[C@@H]1CC[C@@H](NCc2cc(Br)cc(Br)c2N)C1.C[C@@H]1CC[C@@H](NCc2cc(Br)cc(Br)c2N)C1.C[C@H]1CC[C@@H](NCc2cc(Br)cc(Br)c2N)C1.C[C@H]1CC[C@@H](NCc2cc(Br)cc(Br)c2N)C1. The fraction of sp³-hybridized carbons (Fsp3) is 0.571. The molecule has 0 saturated heterocycles. The first kappa shape index (κ1) is 69.8. The van der Waals surface area contributed by atoms with Crippen molar-refractivity contribution in [3.8, 4) is 0 Å². The van der Waals surface area contributed by atoms with Gasteiger partial charge in [0.05, 0.1) is 22.7 Å². The Kier molecular flexibility index (Phi) is 33.5. The molecule has 4 aliphatic carbocycles. The van der Waals surface area contributed by atoms with E-state index in [1.54, 1.807) is 0 Å². The van der Waals surface area contributed by atoms with Crippen molar-refractivity contribution >= 4 is 150 Å². The van der Waals surface area contributed by atoms with E-state index in [-0.39, 0.29) is 29.7 Å². The number of benzene rings is 4. The maximum Gasteiger partial charge on any atom is 0.0504 e. The Morgan fingerprint density at radius 1 is 0.333 bits per heavy atom. The number of halogens is 8. The van der Waals surface area contributed by atoms with Gasteiger partial charge in [0, 0.05) is 86.1 Å². The van der Waals surface area contributed by atoms with Crippen molar-refractivity contribution in [2.45, 2.75) is 185 Å². The number of nitrogens with one attached hydrogen (secondary N) is 4. The summed E-state index contributed by atoms with van der Waals surface area (Å²) in [5.41, 5.74) is 32.2. The van der Waals surface area contributed by atoms with E-state index in [1.165, 1.54) is 77.0 Å². The number of hydrogen-bond donors (Lipinski definition) is 8. The molecular formula is C56H88Br8N8. The van der Waals surface area contributed by atoms with Crippen LogP contribution in [0.5, 0.6) is 0 Å². The summed E-state index contributed by atoms with van der Waals surface area (Å²) in [5.74, 6) is 3.44. The fourth-order valence-corrected chi connectivity index (χ4v) is 15.0. The summed E-state index contributed by atoms with van der Waals surface area (Å²) in [6.07, 6.45) is 15.7. The van der Waals surface area contributed by atoms with Gasteiger partial charge in [0.1, 0.15) is 0 Å². The molecule has 8 atom stereocenters. The Hall–Kier alpha value is -0.240. The average Bonchev–Trinajstić information content (AvgIpc) is 4.11. The minimum Gasteiger partial charge on any atom is -0.398 e. The van der Waals surface area contributed by atoms with Gasteiger partial charge in [-0.2, -0.15) is 0 Å². The monoisotopic (exact) mass is 1500 g/mol. The molecule has 4 aromatic rings. The topological polar surface area (TPSA) is 152 Å². The van der Waals surface area contributed by atoms with Crippen molar-refractivity contribution in [3.05, 3.63) is 107 Å². The van der Waals surface area contributed by atoms with Gasteiger partial charge in [-0.1, -0.05) is 121 Å². The molecule has 8 nitrogen and oxygen atoms in total. The third-order valence-corrected chi connectivity index (χ3v) is 18.3. The van der Waals surface area contributed by atoms with Crippen molar-refractivity contribution < 1.29 is 0 Å². The van der Waals surface area contributed by atoms with Crippen LogP contribution < -0.4 is 44.2 Å². The Bertz CT molecular complexity index is 1940. The second-order valence-electron chi connectivity index (χ2n) is 19.8. The van der Waals surface area contributed by atoms with Crippen LogP contribution in [0.2, 0.25) is 0 Å². The lowest BCUT2D eigenvalue weighted by Gasteiger charge is -2.14. The van der Waals surface area contributed by atoms with E-state index in [9.17, 15) is 0 Å². The third-order valence-electron chi connectivity index (χ3n) is 13.8. The molecule has 408 valence electrons. The molecule has 16 heteroatoms. The molecule has 72 heavy (non-hydrogen) atoms. The molecule has 0 bridgehead atoms. The summed E-state index contributed by atoms with van der Waals surface area (Å²) >= 11 is 27.9. The molecular weight excluding hydrogens is 1420 g/mol. The molecule has 4 aromatic carbocycles. The third kappa shape index (κ3) is 23.0. The first-order valence-electron chi connectivity index (χ1n) is 24.1. The number of nitrogen functional groups attached to an aromatic ring is 4. The minimum absolute atomic E-state index is 0. The molecule has 0 heterocycles. The highest BCUT2D eigenvalue weighted by molar-refractivity contribution is 9.12. The van der Waals surface area contributed by atoms with Crippen LogP contribution in [-0.4, -0.2) is 24.2 Å². The highest BCUT2D eigenvalue weighted by Crippen LogP contribution is 2.34. The molecule has 4 fully saturated rings. The van der Waals surface area contributed by atoms with Gasteiger partial charge in [0.2, 0.25) is 0 Å². The molecule has 12 N–H and O–H groups in total. The average molecular weight is 1510 g/mol. The van der Waals surface area contributed by atoms with E-state index in [0.29, 0.717) is 24.2 Å². The van der Waals surface area contributed by atoms with E-state index >= 15 is 0 Å². The zero-order valence-corrected chi connectivity index (χ0v) is 52.6. The lowest BCUT2D eigenvalue weighted by atomic mass is 10.1. The molecule has 4 aliphatic rings. The molecule has 8 rings (SSSR count). The maximum absolute atomic E-state index is 6.06. The van der Waals surface area contributed by atoms with E-state index in [4.69, 9.17) is 22.9 Å². The van der Waals surface area contributed by atoms with E-state index in [2.05, 4.69) is 201 Å². The summed E-state index contributed by atoms with van der Waals surface area (Å²) < 4.78 is 8.11. The quantitative estimate of drug-likeness (QED) is 0.0653. The van der Waals surface area contributed by atoms with Crippen molar-refractivity contribution in [3.63, 3.8) is 0 Å². The summed E-state index contributed by atoms with van der Waals surface area (Å²) in [6.45, 7) is 12.7. The largest absolute Gasteiger partial charge is 0.398 e. The summed E-state index contributed by atoms with van der Waals surface area (Å²) in [5, 5.41) is 14.4.